The predicted octanol–water partition coefficient (Wildman–Crippen LogP) is 0.0564. The Morgan fingerprint density at radius 3 is 2.50 bits per heavy atom. The smallest absolute Gasteiger partial charge is 0.235 e. The summed E-state index contributed by atoms with van der Waals surface area (Å²) in [7, 11) is -3.23. The van der Waals surface area contributed by atoms with Crippen molar-refractivity contribution in [1.82, 2.24) is 5.32 Å². The molecule has 0 fully saturated rings. The first-order valence-corrected chi connectivity index (χ1v) is 7.51. The highest BCUT2D eigenvalue weighted by Crippen LogP contribution is 2.00. The van der Waals surface area contributed by atoms with Gasteiger partial charge in [-0.25, -0.2) is 8.42 Å². The van der Waals surface area contributed by atoms with Gasteiger partial charge < -0.3 is 11.1 Å². The van der Waals surface area contributed by atoms with E-state index in [1.54, 1.807) is 0 Å². The number of nitrogens with two attached hydrogens (primary N) is 1. The van der Waals surface area contributed by atoms with Crippen molar-refractivity contribution in [3.05, 3.63) is 0 Å². The maximum atomic E-state index is 11.5. The lowest BCUT2D eigenvalue weighted by Crippen LogP contribution is -2.32. The lowest BCUT2D eigenvalue weighted by Gasteiger charge is -2.05. The maximum absolute atomic E-state index is 11.5. The van der Waals surface area contributed by atoms with Crippen molar-refractivity contribution in [3.8, 4) is 0 Å². The third kappa shape index (κ3) is 8.67. The topological polar surface area (TPSA) is 89.3 Å². The fourth-order valence-electron chi connectivity index (χ4n) is 1.22. The second-order valence-corrected chi connectivity index (χ2v) is 5.98. The van der Waals surface area contributed by atoms with Gasteiger partial charge in [-0.1, -0.05) is 19.8 Å². The van der Waals surface area contributed by atoms with Crippen molar-refractivity contribution in [3.63, 3.8) is 0 Å². The molecule has 5 nitrogen and oxygen atoms in total. The molecule has 0 radical (unpaired) electrons. The van der Waals surface area contributed by atoms with Crippen molar-refractivity contribution >= 4 is 15.7 Å². The third-order valence-corrected chi connectivity index (χ3v) is 3.73. The largest absolute Gasteiger partial charge is 0.355 e. The normalized spacial score (nSPS) is 11.4. The number of sulfone groups is 1. The molecule has 0 aliphatic rings. The number of amides is 1. The van der Waals surface area contributed by atoms with Crippen molar-refractivity contribution in [1.29, 1.82) is 0 Å². The second-order valence-electron chi connectivity index (χ2n) is 3.79. The van der Waals surface area contributed by atoms with Crippen LogP contribution in [0.15, 0.2) is 0 Å². The Morgan fingerprint density at radius 2 is 1.94 bits per heavy atom. The van der Waals surface area contributed by atoms with Gasteiger partial charge in [0.1, 0.15) is 5.75 Å². The first kappa shape index (κ1) is 15.4. The zero-order valence-corrected chi connectivity index (χ0v) is 10.7. The SMILES string of the molecule is CCCCCS(=O)(=O)CC(=O)NCCCN. The van der Waals surface area contributed by atoms with Crippen molar-refractivity contribution < 1.29 is 13.2 Å². The fourth-order valence-corrected chi connectivity index (χ4v) is 2.51. The van der Waals surface area contributed by atoms with E-state index >= 15 is 0 Å². The van der Waals surface area contributed by atoms with E-state index in [0.717, 1.165) is 12.8 Å². The molecule has 1 amide bonds. The van der Waals surface area contributed by atoms with Gasteiger partial charge in [0.25, 0.3) is 0 Å². The Bertz CT molecular complexity index is 288. The highest BCUT2D eigenvalue weighted by Gasteiger charge is 2.15. The number of carbonyl (C=O) groups excluding carboxylic acids is 1. The van der Waals surface area contributed by atoms with Gasteiger partial charge in [-0.05, 0) is 19.4 Å². The number of hydrogen-bond acceptors (Lipinski definition) is 4. The lowest BCUT2D eigenvalue weighted by atomic mass is 10.3. The van der Waals surface area contributed by atoms with Crippen molar-refractivity contribution in [2.45, 2.75) is 32.6 Å². The van der Waals surface area contributed by atoms with E-state index < -0.39 is 21.5 Å². The van der Waals surface area contributed by atoms with Gasteiger partial charge in [-0.2, -0.15) is 0 Å². The molecule has 0 saturated carbocycles. The summed E-state index contributed by atoms with van der Waals surface area (Å²) >= 11 is 0. The highest BCUT2D eigenvalue weighted by atomic mass is 32.2. The van der Waals surface area contributed by atoms with Gasteiger partial charge in [-0.3, -0.25) is 4.79 Å². The third-order valence-electron chi connectivity index (χ3n) is 2.11. The number of nitrogens with one attached hydrogen (secondary N) is 1. The molecule has 0 unspecified atom stereocenters. The van der Waals surface area contributed by atoms with Gasteiger partial charge in [0.05, 0.1) is 5.75 Å². The zero-order valence-electron chi connectivity index (χ0n) is 9.87. The number of unbranched alkanes of at least 4 members (excludes halogenated alkanes) is 2. The Labute approximate surface area is 97.7 Å². The van der Waals surface area contributed by atoms with Crippen LogP contribution in [0.4, 0.5) is 0 Å². The monoisotopic (exact) mass is 250 g/mol. The van der Waals surface area contributed by atoms with Crippen LogP contribution < -0.4 is 11.1 Å². The summed E-state index contributed by atoms with van der Waals surface area (Å²) < 4.78 is 22.9. The molecule has 0 bridgehead atoms. The van der Waals surface area contributed by atoms with Gasteiger partial charge in [0.15, 0.2) is 9.84 Å². The van der Waals surface area contributed by atoms with Gasteiger partial charge in [0.2, 0.25) is 5.91 Å². The van der Waals surface area contributed by atoms with Crippen LogP contribution in [0.25, 0.3) is 0 Å². The van der Waals surface area contributed by atoms with Crippen LogP contribution in [0.1, 0.15) is 32.6 Å². The number of hydrogen-bond donors (Lipinski definition) is 2. The number of carbonyl (C=O) groups is 1. The molecule has 0 spiro atoms. The summed E-state index contributed by atoms with van der Waals surface area (Å²) in [6.45, 7) is 2.94. The Morgan fingerprint density at radius 1 is 1.25 bits per heavy atom. The minimum absolute atomic E-state index is 0.102. The van der Waals surface area contributed by atoms with Crippen LogP contribution in [0.5, 0.6) is 0 Å². The second kappa shape index (κ2) is 8.52. The minimum Gasteiger partial charge on any atom is -0.355 e. The average molecular weight is 250 g/mol. The van der Waals surface area contributed by atoms with E-state index in [1.807, 2.05) is 6.92 Å². The molecule has 0 saturated heterocycles. The highest BCUT2D eigenvalue weighted by molar-refractivity contribution is 7.92. The van der Waals surface area contributed by atoms with Gasteiger partial charge in [0, 0.05) is 6.54 Å². The molecular weight excluding hydrogens is 228 g/mol. The quantitative estimate of drug-likeness (QED) is 0.566. The Hall–Kier alpha value is -0.620. The molecule has 0 aliphatic heterocycles. The van der Waals surface area contributed by atoms with Crippen LogP contribution in [0, 0.1) is 0 Å². The molecule has 0 aromatic carbocycles. The molecule has 16 heavy (non-hydrogen) atoms. The van der Waals surface area contributed by atoms with E-state index in [9.17, 15) is 13.2 Å². The van der Waals surface area contributed by atoms with Crippen molar-refractivity contribution in [2.24, 2.45) is 5.73 Å². The maximum Gasteiger partial charge on any atom is 0.235 e. The summed E-state index contributed by atoms with van der Waals surface area (Å²) in [5.41, 5.74) is 5.25. The first-order chi connectivity index (χ1) is 7.52. The Kier molecular flexibility index (Phi) is 8.19. The van der Waals surface area contributed by atoms with E-state index in [2.05, 4.69) is 5.32 Å². The lowest BCUT2D eigenvalue weighted by molar-refractivity contribution is -0.118. The first-order valence-electron chi connectivity index (χ1n) is 5.69. The molecule has 0 aromatic heterocycles. The van der Waals surface area contributed by atoms with Gasteiger partial charge in [-0.15, -0.1) is 0 Å². The van der Waals surface area contributed by atoms with E-state index in [1.165, 1.54) is 0 Å². The van der Waals surface area contributed by atoms with Crippen LogP contribution in [0.3, 0.4) is 0 Å². The molecule has 0 aromatic rings. The molecule has 0 aliphatic carbocycles. The summed E-state index contributed by atoms with van der Waals surface area (Å²) in [5.74, 6) is -0.725. The molecule has 3 N–H and O–H groups in total. The summed E-state index contributed by atoms with van der Waals surface area (Å²) in [4.78, 5) is 11.2. The Balaban J connectivity index is 3.82. The minimum atomic E-state index is -3.23. The average Bonchev–Trinajstić information content (AvgIpc) is 2.17. The van der Waals surface area contributed by atoms with Crippen LogP contribution in [0.2, 0.25) is 0 Å². The van der Waals surface area contributed by atoms with Gasteiger partial charge >= 0.3 is 0 Å². The molecular formula is C10H22N2O3S. The standard InChI is InChI=1S/C10H22N2O3S/c1-2-3-4-8-16(14,15)9-10(13)12-7-5-6-11/h2-9,11H2,1H3,(H,12,13). The van der Waals surface area contributed by atoms with E-state index in [4.69, 9.17) is 5.73 Å². The molecule has 96 valence electrons. The molecule has 0 rings (SSSR count). The summed E-state index contributed by atoms with van der Waals surface area (Å²) in [5, 5.41) is 2.53. The van der Waals surface area contributed by atoms with Crippen LogP contribution >= 0.6 is 0 Å². The van der Waals surface area contributed by atoms with E-state index in [-0.39, 0.29) is 5.75 Å². The zero-order chi connectivity index (χ0) is 12.4. The predicted molar refractivity (Wildman–Crippen MR) is 64.9 cm³/mol. The summed E-state index contributed by atoms with van der Waals surface area (Å²) in [6.07, 6.45) is 3.16. The van der Waals surface area contributed by atoms with E-state index in [0.29, 0.717) is 25.9 Å². The van der Waals surface area contributed by atoms with Crippen LogP contribution in [-0.2, 0) is 14.6 Å². The molecule has 0 heterocycles. The molecule has 0 atom stereocenters. The summed E-state index contributed by atoms with van der Waals surface area (Å²) in [6, 6.07) is 0. The fraction of sp³-hybridized carbons (Fsp3) is 0.900. The van der Waals surface area contributed by atoms with Crippen molar-refractivity contribution in [2.75, 3.05) is 24.6 Å². The molecule has 6 heteroatoms. The number of rotatable bonds is 9. The van der Waals surface area contributed by atoms with Crippen LogP contribution in [-0.4, -0.2) is 38.9 Å².